The molecule has 18 heavy (non-hydrogen) atoms. The average molecular weight is 266 g/mol. The molecule has 0 fully saturated rings. The van der Waals surface area contributed by atoms with E-state index in [2.05, 4.69) is 15.4 Å². The molecule has 2 aromatic heterocycles. The minimum absolute atomic E-state index is 0.0477. The van der Waals surface area contributed by atoms with Gasteiger partial charge in [0, 0.05) is 38.1 Å². The van der Waals surface area contributed by atoms with Crippen molar-refractivity contribution in [1.82, 2.24) is 20.0 Å². The van der Waals surface area contributed by atoms with Gasteiger partial charge in [0.25, 0.3) is 0 Å². The van der Waals surface area contributed by atoms with Crippen LogP contribution in [-0.2, 0) is 13.5 Å². The smallest absolute Gasteiger partial charge is 0.129 e. The first-order valence-corrected chi connectivity index (χ1v) is 6.12. The van der Waals surface area contributed by atoms with Crippen LogP contribution in [0.25, 0.3) is 0 Å². The Bertz CT molecular complexity index is 493. The number of halogens is 1. The Hall–Kier alpha value is -1.43. The van der Waals surface area contributed by atoms with E-state index in [1.54, 1.807) is 18.5 Å². The van der Waals surface area contributed by atoms with Crippen LogP contribution in [0.1, 0.15) is 23.9 Å². The SMILES string of the molecule is Cn1ccnc1CCC(NN)c1ccc(Cl)nc1. The molecule has 0 saturated heterocycles. The zero-order chi connectivity index (χ0) is 13.0. The molecular formula is C12H16ClN5. The van der Waals surface area contributed by atoms with Crippen molar-refractivity contribution in [3.05, 3.63) is 47.3 Å². The molecule has 0 aliphatic carbocycles. The lowest BCUT2D eigenvalue weighted by Gasteiger charge is -2.15. The first-order valence-electron chi connectivity index (χ1n) is 5.74. The summed E-state index contributed by atoms with van der Waals surface area (Å²) >= 11 is 5.76. The van der Waals surface area contributed by atoms with Crippen LogP contribution in [0.4, 0.5) is 0 Å². The predicted molar refractivity (Wildman–Crippen MR) is 70.8 cm³/mol. The van der Waals surface area contributed by atoms with Gasteiger partial charge in [-0.05, 0) is 18.1 Å². The highest BCUT2D eigenvalue weighted by Crippen LogP contribution is 2.18. The van der Waals surface area contributed by atoms with Gasteiger partial charge in [-0.1, -0.05) is 17.7 Å². The second kappa shape index (κ2) is 5.95. The summed E-state index contributed by atoms with van der Waals surface area (Å²) in [7, 11) is 1.98. The second-order valence-corrected chi connectivity index (χ2v) is 4.51. The van der Waals surface area contributed by atoms with Crippen molar-refractivity contribution in [2.24, 2.45) is 12.9 Å². The molecule has 0 aromatic carbocycles. The van der Waals surface area contributed by atoms with Crippen LogP contribution < -0.4 is 11.3 Å². The molecule has 0 aliphatic heterocycles. The van der Waals surface area contributed by atoms with Gasteiger partial charge in [0.15, 0.2) is 0 Å². The number of nitrogens with one attached hydrogen (secondary N) is 1. The van der Waals surface area contributed by atoms with Crippen molar-refractivity contribution in [3.8, 4) is 0 Å². The molecule has 3 N–H and O–H groups in total. The summed E-state index contributed by atoms with van der Waals surface area (Å²) in [5.41, 5.74) is 3.82. The molecule has 0 amide bonds. The van der Waals surface area contributed by atoms with Crippen LogP contribution >= 0.6 is 11.6 Å². The Morgan fingerprint density at radius 1 is 1.44 bits per heavy atom. The van der Waals surface area contributed by atoms with Crippen molar-refractivity contribution < 1.29 is 0 Å². The maximum Gasteiger partial charge on any atom is 0.129 e. The Labute approximate surface area is 111 Å². The summed E-state index contributed by atoms with van der Waals surface area (Å²) in [5.74, 6) is 6.62. The minimum atomic E-state index is 0.0477. The Balaban J connectivity index is 2.01. The van der Waals surface area contributed by atoms with Gasteiger partial charge in [-0.2, -0.15) is 0 Å². The fraction of sp³-hybridized carbons (Fsp3) is 0.333. The summed E-state index contributed by atoms with van der Waals surface area (Å²) < 4.78 is 2.01. The normalized spacial score (nSPS) is 12.6. The summed E-state index contributed by atoms with van der Waals surface area (Å²) in [4.78, 5) is 8.35. The molecule has 0 saturated carbocycles. The van der Waals surface area contributed by atoms with Crippen molar-refractivity contribution in [3.63, 3.8) is 0 Å². The standard InChI is InChI=1S/C12H16ClN5/c1-18-7-6-15-12(18)5-3-10(17-14)9-2-4-11(13)16-8-9/h2,4,6-8,10,17H,3,5,14H2,1H3. The number of nitrogens with zero attached hydrogens (tertiary/aromatic N) is 3. The van der Waals surface area contributed by atoms with Crippen molar-refractivity contribution in [1.29, 1.82) is 0 Å². The summed E-state index contributed by atoms with van der Waals surface area (Å²) in [6, 6.07) is 3.74. The van der Waals surface area contributed by atoms with Gasteiger partial charge < -0.3 is 4.57 Å². The van der Waals surface area contributed by atoms with E-state index in [1.807, 2.05) is 23.9 Å². The first kappa shape index (κ1) is 13.0. The predicted octanol–water partition coefficient (Wildman–Crippen LogP) is 1.61. The van der Waals surface area contributed by atoms with E-state index < -0.39 is 0 Å². The molecule has 6 heteroatoms. The summed E-state index contributed by atoms with van der Waals surface area (Å²) in [5, 5.41) is 0.485. The molecule has 96 valence electrons. The second-order valence-electron chi connectivity index (χ2n) is 4.13. The van der Waals surface area contributed by atoms with Crippen molar-refractivity contribution >= 4 is 11.6 Å². The molecular weight excluding hydrogens is 250 g/mol. The van der Waals surface area contributed by atoms with Gasteiger partial charge >= 0.3 is 0 Å². The van der Waals surface area contributed by atoms with Crippen LogP contribution in [-0.4, -0.2) is 14.5 Å². The van der Waals surface area contributed by atoms with Crippen LogP contribution in [0.2, 0.25) is 5.15 Å². The van der Waals surface area contributed by atoms with Gasteiger partial charge in [-0.3, -0.25) is 11.3 Å². The van der Waals surface area contributed by atoms with Crippen LogP contribution in [0.3, 0.4) is 0 Å². The highest BCUT2D eigenvalue weighted by molar-refractivity contribution is 6.29. The molecule has 1 unspecified atom stereocenters. The molecule has 0 bridgehead atoms. The highest BCUT2D eigenvalue weighted by Gasteiger charge is 2.11. The number of hydrogen-bond acceptors (Lipinski definition) is 4. The summed E-state index contributed by atoms with van der Waals surface area (Å²) in [6.07, 6.45) is 7.17. The third kappa shape index (κ3) is 3.07. The number of rotatable bonds is 5. The van der Waals surface area contributed by atoms with E-state index in [0.29, 0.717) is 5.15 Å². The topological polar surface area (TPSA) is 68.8 Å². The number of imidazole rings is 1. The number of hydrogen-bond donors (Lipinski definition) is 2. The van der Waals surface area contributed by atoms with Crippen molar-refractivity contribution in [2.75, 3.05) is 0 Å². The van der Waals surface area contributed by atoms with Gasteiger partial charge in [0.1, 0.15) is 11.0 Å². The van der Waals surface area contributed by atoms with Crippen LogP contribution in [0, 0.1) is 0 Å². The molecule has 0 radical (unpaired) electrons. The number of pyridine rings is 1. The third-order valence-corrected chi connectivity index (χ3v) is 3.15. The quantitative estimate of drug-likeness (QED) is 0.490. The number of hydrazine groups is 1. The fourth-order valence-corrected chi connectivity index (χ4v) is 1.96. The van der Waals surface area contributed by atoms with Crippen molar-refractivity contribution in [2.45, 2.75) is 18.9 Å². The van der Waals surface area contributed by atoms with E-state index in [0.717, 1.165) is 24.2 Å². The van der Waals surface area contributed by atoms with E-state index in [1.165, 1.54) is 0 Å². The molecule has 2 aromatic rings. The van der Waals surface area contributed by atoms with Gasteiger partial charge in [0.05, 0.1) is 0 Å². The lowest BCUT2D eigenvalue weighted by atomic mass is 10.0. The molecule has 0 aliphatic rings. The van der Waals surface area contributed by atoms with Gasteiger partial charge in [-0.15, -0.1) is 0 Å². The molecule has 0 spiro atoms. The zero-order valence-electron chi connectivity index (χ0n) is 10.2. The van der Waals surface area contributed by atoms with E-state index >= 15 is 0 Å². The van der Waals surface area contributed by atoms with E-state index in [4.69, 9.17) is 17.4 Å². The highest BCUT2D eigenvalue weighted by atomic mass is 35.5. The zero-order valence-corrected chi connectivity index (χ0v) is 10.9. The fourth-order valence-electron chi connectivity index (χ4n) is 1.85. The maximum absolute atomic E-state index is 5.76. The largest absolute Gasteiger partial charge is 0.338 e. The Morgan fingerprint density at radius 3 is 2.83 bits per heavy atom. The molecule has 1 atom stereocenters. The maximum atomic E-state index is 5.76. The lowest BCUT2D eigenvalue weighted by Crippen LogP contribution is -2.28. The monoisotopic (exact) mass is 265 g/mol. The van der Waals surface area contributed by atoms with Gasteiger partial charge in [-0.25, -0.2) is 9.97 Å². The summed E-state index contributed by atoms with van der Waals surface area (Å²) in [6.45, 7) is 0. The molecule has 2 rings (SSSR count). The molecule has 2 heterocycles. The minimum Gasteiger partial charge on any atom is -0.338 e. The number of nitrogens with two attached hydrogens (primary N) is 1. The average Bonchev–Trinajstić information content (AvgIpc) is 2.78. The van der Waals surface area contributed by atoms with E-state index in [9.17, 15) is 0 Å². The number of aryl methyl sites for hydroxylation is 2. The van der Waals surface area contributed by atoms with Crippen LogP contribution in [0.5, 0.6) is 0 Å². The number of aromatic nitrogens is 3. The van der Waals surface area contributed by atoms with Crippen LogP contribution in [0.15, 0.2) is 30.7 Å². The van der Waals surface area contributed by atoms with E-state index in [-0.39, 0.29) is 6.04 Å². The third-order valence-electron chi connectivity index (χ3n) is 2.93. The lowest BCUT2D eigenvalue weighted by molar-refractivity contribution is 0.505. The van der Waals surface area contributed by atoms with Gasteiger partial charge in [0.2, 0.25) is 0 Å². The first-order chi connectivity index (χ1) is 8.70. The molecule has 5 nitrogen and oxygen atoms in total. The Morgan fingerprint density at radius 2 is 2.28 bits per heavy atom. The Kier molecular flexibility index (Phi) is 4.30.